The summed E-state index contributed by atoms with van der Waals surface area (Å²) in [5, 5.41) is 6.26. The van der Waals surface area contributed by atoms with Crippen molar-refractivity contribution in [2.45, 2.75) is 20.0 Å². The molecule has 102 valence electrons. The van der Waals surface area contributed by atoms with Gasteiger partial charge < -0.3 is 20.1 Å². The summed E-state index contributed by atoms with van der Waals surface area (Å²) in [5.41, 5.74) is 0. The van der Waals surface area contributed by atoms with Gasteiger partial charge in [-0.15, -0.1) is 0 Å². The topological polar surface area (TPSA) is 68.3 Å². The summed E-state index contributed by atoms with van der Waals surface area (Å²) in [6.45, 7) is 4.60. The third kappa shape index (κ3) is 5.29. The second-order valence-electron chi connectivity index (χ2n) is 3.71. The van der Waals surface area contributed by atoms with E-state index >= 15 is 0 Å². The number of methoxy groups -OCH3 is 1. The first-order valence-corrected chi connectivity index (χ1v) is 6.16. The van der Waals surface area contributed by atoms with Crippen molar-refractivity contribution >= 4 is 11.6 Å². The smallest absolute Gasteiger partial charge is 0.158 e. The first kappa shape index (κ1) is 14.7. The number of hydrogen-bond acceptors (Lipinski definition) is 6. The van der Waals surface area contributed by atoms with Crippen LogP contribution in [0.4, 0.5) is 11.6 Å². The molecule has 0 amide bonds. The molecule has 0 aromatic carbocycles. The molecule has 0 aliphatic heterocycles. The summed E-state index contributed by atoms with van der Waals surface area (Å²) in [5.74, 6) is 2.27. The average Bonchev–Trinajstić information content (AvgIpc) is 2.41. The van der Waals surface area contributed by atoms with Crippen LogP contribution in [0.1, 0.15) is 19.2 Å². The Morgan fingerprint density at radius 3 is 2.72 bits per heavy atom. The van der Waals surface area contributed by atoms with Crippen LogP contribution in [0.5, 0.6) is 0 Å². The van der Waals surface area contributed by atoms with Gasteiger partial charge in [-0.3, -0.25) is 0 Å². The van der Waals surface area contributed by atoms with Gasteiger partial charge in [0.05, 0.1) is 0 Å². The number of nitrogens with one attached hydrogen (secondary N) is 2. The summed E-state index contributed by atoms with van der Waals surface area (Å²) in [4.78, 5) is 8.71. The molecule has 0 bridgehead atoms. The van der Waals surface area contributed by atoms with Gasteiger partial charge in [0.25, 0.3) is 0 Å². The minimum absolute atomic E-state index is 0.429. The number of nitrogens with zero attached hydrogens (tertiary/aromatic N) is 2. The van der Waals surface area contributed by atoms with Crippen molar-refractivity contribution in [1.29, 1.82) is 0 Å². The molecule has 2 N–H and O–H groups in total. The highest BCUT2D eigenvalue weighted by molar-refractivity contribution is 5.47. The molecule has 18 heavy (non-hydrogen) atoms. The molecule has 6 nitrogen and oxygen atoms in total. The van der Waals surface area contributed by atoms with Gasteiger partial charge in [0, 0.05) is 40.0 Å². The second-order valence-corrected chi connectivity index (χ2v) is 3.71. The Morgan fingerprint density at radius 2 is 2.06 bits per heavy atom. The van der Waals surface area contributed by atoms with Crippen molar-refractivity contribution in [3.8, 4) is 0 Å². The molecule has 0 saturated heterocycles. The Labute approximate surface area is 108 Å². The summed E-state index contributed by atoms with van der Waals surface area (Å²) in [6.07, 6.45) is 0.941. The molecule has 1 aromatic heterocycles. The third-order valence-corrected chi connectivity index (χ3v) is 2.30. The fourth-order valence-electron chi connectivity index (χ4n) is 1.41. The van der Waals surface area contributed by atoms with E-state index < -0.39 is 0 Å². The van der Waals surface area contributed by atoms with Gasteiger partial charge >= 0.3 is 0 Å². The van der Waals surface area contributed by atoms with Crippen molar-refractivity contribution in [3.05, 3.63) is 11.9 Å². The Hall–Kier alpha value is -1.40. The van der Waals surface area contributed by atoms with Crippen LogP contribution >= 0.6 is 0 Å². The monoisotopic (exact) mass is 254 g/mol. The van der Waals surface area contributed by atoms with E-state index in [2.05, 4.69) is 20.6 Å². The summed E-state index contributed by atoms with van der Waals surface area (Å²) >= 11 is 0. The maximum atomic E-state index is 5.32. The summed E-state index contributed by atoms with van der Waals surface area (Å²) in [7, 11) is 3.53. The normalized spacial score (nSPS) is 10.4. The van der Waals surface area contributed by atoms with Gasteiger partial charge in [-0.1, -0.05) is 0 Å². The zero-order chi connectivity index (χ0) is 13.2. The first-order chi connectivity index (χ1) is 8.80. The fraction of sp³-hybridized carbons (Fsp3) is 0.667. The minimum atomic E-state index is 0.429. The van der Waals surface area contributed by atoms with Gasteiger partial charge in [-0.25, -0.2) is 9.97 Å². The van der Waals surface area contributed by atoms with Gasteiger partial charge in [-0.2, -0.15) is 0 Å². The van der Waals surface area contributed by atoms with Gasteiger partial charge in [0.2, 0.25) is 0 Å². The largest absolute Gasteiger partial charge is 0.385 e. The zero-order valence-corrected chi connectivity index (χ0v) is 11.3. The van der Waals surface area contributed by atoms with E-state index in [-0.39, 0.29) is 0 Å². The maximum absolute atomic E-state index is 5.32. The zero-order valence-electron chi connectivity index (χ0n) is 11.3. The van der Waals surface area contributed by atoms with Crippen LogP contribution in [0.25, 0.3) is 0 Å². The molecular weight excluding hydrogens is 232 g/mol. The third-order valence-electron chi connectivity index (χ3n) is 2.30. The molecule has 0 atom stereocenters. The Kier molecular flexibility index (Phi) is 7.05. The van der Waals surface area contributed by atoms with E-state index in [1.54, 1.807) is 7.11 Å². The van der Waals surface area contributed by atoms with Crippen molar-refractivity contribution in [2.75, 3.05) is 44.5 Å². The lowest BCUT2D eigenvalue weighted by Crippen LogP contribution is -2.10. The molecule has 1 aromatic rings. The van der Waals surface area contributed by atoms with Crippen molar-refractivity contribution in [2.24, 2.45) is 0 Å². The van der Waals surface area contributed by atoms with Crippen LogP contribution in [0.2, 0.25) is 0 Å². The quantitative estimate of drug-likeness (QED) is 0.651. The van der Waals surface area contributed by atoms with E-state index in [0.717, 1.165) is 31.2 Å². The van der Waals surface area contributed by atoms with Crippen LogP contribution < -0.4 is 10.6 Å². The molecule has 1 rings (SSSR count). The Balaban J connectivity index is 2.58. The van der Waals surface area contributed by atoms with E-state index in [1.165, 1.54) is 0 Å². The van der Waals surface area contributed by atoms with Crippen molar-refractivity contribution < 1.29 is 9.47 Å². The van der Waals surface area contributed by atoms with Crippen LogP contribution in [-0.4, -0.2) is 43.9 Å². The molecule has 0 radical (unpaired) electrons. The number of ether oxygens (including phenoxy) is 2. The lowest BCUT2D eigenvalue weighted by molar-refractivity contribution is 0.128. The standard InChI is InChI=1S/C12H22N4O2/c1-4-18-9-12-15-10(13-2)8-11(16-12)14-6-5-7-17-3/h8H,4-7,9H2,1-3H3,(H2,13,14,15,16). The van der Waals surface area contributed by atoms with E-state index in [9.17, 15) is 0 Å². The van der Waals surface area contributed by atoms with Crippen molar-refractivity contribution in [1.82, 2.24) is 9.97 Å². The molecule has 6 heteroatoms. The minimum Gasteiger partial charge on any atom is -0.385 e. The highest BCUT2D eigenvalue weighted by Crippen LogP contribution is 2.11. The summed E-state index contributed by atoms with van der Waals surface area (Å²) in [6, 6.07) is 1.88. The van der Waals surface area contributed by atoms with Gasteiger partial charge in [0.1, 0.15) is 18.2 Å². The van der Waals surface area contributed by atoms with Crippen LogP contribution in [0, 0.1) is 0 Å². The van der Waals surface area contributed by atoms with E-state index in [1.807, 2.05) is 20.0 Å². The number of anilines is 2. The van der Waals surface area contributed by atoms with Gasteiger partial charge in [-0.05, 0) is 13.3 Å². The fourth-order valence-corrected chi connectivity index (χ4v) is 1.41. The average molecular weight is 254 g/mol. The molecule has 1 heterocycles. The van der Waals surface area contributed by atoms with Crippen LogP contribution in [0.15, 0.2) is 6.07 Å². The highest BCUT2D eigenvalue weighted by Gasteiger charge is 2.03. The second kappa shape index (κ2) is 8.66. The first-order valence-electron chi connectivity index (χ1n) is 6.16. The molecule has 0 saturated carbocycles. The molecule has 0 fully saturated rings. The Morgan fingerprint density at radius 1 is 1.28 bits per heavy atom. The lowest BCUT2D eigenvalue weighted by Gasteiger charge is -2.09. The van der Waals surface area contributed by atoms with Crippen LogP contribution in [-0.2, 0) is 16.1 Å². The number of aromatic nitrogens is 2. The molecule has 0 spiro atoms. The van der Waals surface area contributed by atoms with Crippen LogP contribution in [0.3, 0.4) is 0 Å². The lowest BCUT2D eigenvalue weighted by atomic mass is 10.4. The van der Waals surface area contributed by atoms with E-state index in [0.29, 0.717) is 19.0 Å². The van der Waals surface area contributed by atoms with E-state index in [4.69, 9.17) is 9.47 Å². The predicted octanol–water partition coefficient (Wildman–Crippen LogP) is 1.50. The maximum Gasteiger partial charge on any atom is 0.158 e. The van der Waals surface area contributed by atoms with Gasteiger partial charge in [0.15, 0.2) is 5.82 Å². The number of hydrogen-bond donors (Lipinski definition) is 2. The Bertz CT molecular complexity index is 347. The SMILES string of the molecule is CCOCc1nc(NC)cc(NCCCOC)n1. The molecule has 0 aliphatic rings. The molecule has 0 unspecified atom stereocenters. The number of rotatable bonds is 9. The molecule has 0 aliphatic carbocycles. The summed E-state index contributed by atoms with van der Waals surface area (Å²) < 4.78 is 10.3. The highest BCUT2D eigenvalue weighted by atomic mass is 16.5. The van der Waals surface area contributed by atoms with Crippen molar-refractivity contribution in [3.63, 3.8) is 0 Å². The molecular formula is C12H22N4O2. The predicted molar refractivity (Wildman–Crippen MR) is 71.9 cm³/mol.